The van der Waals surface area contributed by atoms with E-state index in [4.69, 9.17) is 4.74 Å². The number of urea groups is 1. The molecule has 1 aromatic heterocycles. The highest BCUT2D eigenvalue weighted by Gasteiger charge is 2.37. The fourth-order valence-electron chi connectivity index (χ4n) is 3.95. The second-order valence-corrected chi connectivity index (χ2v) is 7.49. The number of imidazole rings is 1. The van der Waals surface area contributed by atoms with Crippen LogP contribution in [0.2, 0.25) is 0 Å². The number of carbonyl (C=O) groups excluding carboxylic acids is 2. The molecule has 7 nitrogen and oxygen atoms in total. The van der Waals surface area contributed by atoms with Crippen molar-refractivity contribution in [1.29, 1.82) is 0 Å². The maximum Gasteiger partial charge on any atom is 0.328 e. The predicted molar refractivity (Wildman–Crippen MR) is 112 cm³/mol. The first-order valence-electron chi connectivity index (χ1n) is 10.1. The minimum Gasteiger partial charge on any atom is -0.467 e. The second kappa shape index (κ2) is 9.17. The number of hydrogen-bond donors (Lipinski definition) is 2. The van der Waals surface area contributed by atoms with E-state index in [1.54, 1.807) is 0 Å². The summed E-state index contributed by atoms with van der Waals surface area (Å²) in [7, 11) is 1.24. The van der Waals surface area contributed by atoms with E-state index in [-0.39, 0.29) is 18.5 Å². The van der Waals surface area contributed by atoms with Gasteiger partial charge in [-0.05, 0) is 23.8 Å². The van der Waals surface area contributed by atoms with Gasteiger partial charge >= 0.3 is 12.0 Å². The molecule has 1 aliphatic rings. The van der Waals surface area contributed by atoms with Crippen molar-refractivity contribution in [3.8, 4) is 0 Å². The standard InChI is InChI=1S/C23H22F2N4O3/c1-32-22(30)19(11-14-5-3-2-4-6-14)28-23(31)29-10-9-18-20(27-13-26-18)21(29)16-12-15(24)7-8-17(16)25/h2-8,12-13,19,21H,9-11H2,1H3,(H,26,27)(H,28,31)/t19-,21-/m0/s1. The lowest BCUT2D eigenvalue weighted by Gasteiger charge is -2.36. The smallest absolute Gasteiger partial charge is 0.328 e. The average Bonchev–Trinajstić information content (AvgIpc) is 3.28. The molecule has 1 aliphatic heterocycles. The summed E-state index contributed by atoms with van der Waals surface area (Å²) in [4.78, 5) is 34.3. The molecular formula is C23H22F2N4O3. The maximum atomic E-state index is 14.7. The Balaban J connectivity index is 1.64. The Hall–Kier alpha value is -3.75. The molecule has 0 unspecified atom stereocenters. The number of nitrogens with one attached hydrogen (secondary N) is 2. The van der Waals surface area contributed by atoms with Gasteiger partial charge < -0.3 is 19.9 Å². The van der Waals surface area contributed by atoms with Crippen molar-refractivity contribution in [3.63, 3.8) is 0 Å². The summed E-state index contributed by atoms with van der Waals surface area (Å²) in [6.07, 6.45) is 2.14. The van der Waals surface area contributed by atoms with Crippen LogP contribution in [0.15, 0.2) is 54.9 Å². The van der Waals surface area contributed by atoms with Crippen molar-refractivity contribution in [1.82, 2.24) is 20.2 Å². The van der Waals surface area contributed by atoms with Crippen molar-refractivity contribution < 1.29 is 23.1 Å². The van der Waals surface area contributed by atoms with Crippen LogP contribution in [0.5, 0.6) is 0 Å². The molecule has 2 heterocycles. The molecular weight excluding hydrogens is 418 g/mol. The Bertz CT molecular complexity index is 1120. The summed E-state index contributed by atoms with van der Waals surface area (Å²) in [6, 6.07) is 9.79. The molecule has 0 saturated heterocycles. The number of aromatic amines is 1. The fourth-order valence-corrected chi connectivity index (χ4v) is 3.95. The predicted octanol–water partition coefficient (Wildman–Crippen LogP) is 3.13. The number of hydrogen-bond acceptors (Lipinski definition) is 4. The van der Waals surface area contributed by atoms with Crippen molar-refractivity contribution >= 4 is 12.0 Å². The third kappa shape index (κ3) is 4.32. The number of rotatable bonds is 5. The van der Waals surface area contributed by atoms with Gasteiger partial charge in [0.15, 0.2) is 0 Å². The van der Waals surface area contributed by atoms with Crippen LogP contribution in [-0.4, -0.2) is 46.6 Å². The van der Waals surface area contributed by atoms with Gasteiger partial charge in [0.05, 0.1) is 19.1 Å². The largest absolute Gasteiger partial charge is 0.467 e. The molecule has 2 aromatic carbocycles. The first-order chi connectivity index (χ1) is 15.5. The van der Waals surface area contributed by atoms with Crippen LogP contribution < -0.4 is 5.32 Å². The molecule has 166 valence electrons. The zero-order valence-electron chi connectivity index (χ0n) is 17.3. The molecule has 0 bridgehead atoms. The van der Waals surface area contributed by atoms with Crippen molar-refractivity contribution in [2.45, 2.75) is 24.9 Å². The van der Waals surface area contributed by atoms with Gasteiger partial charge in [-0.2, -0.15) is 0 Å². The van der Waals surface area contributed by atoms with Gasteiger partial charge in [0.1, 0.15) is 23.7 Å². The van der Waals surface area contributed by atoms with Crippen LogP contribution in [0.4, 0.5) is 13.6 Å². The number of amides is 2. The van der Waals surface area contributed by atoms with E-state index in [0.29, 0.717) is 12.1 Å². The summed E-state index contributed by atoms with van der Waals surface area (Å²) < 4.78 is 33.5. The third-order valence-electron chi connectivity index (χ3n) is 5.50. The number of methoxy groups -OCH3 is 1. The molecule has 0 saturated carbocycles. The second-order valence-electron chi connectivity index (χ2n) is 7.49. The number of esters is 1. The number of halogens is 2. The zero-order chi connectivity index (χ0) is 22.7. The van der Waals surface area contributed by atoms with E-state index in [1.165, 1.54) is 18.3 Å². The Morgan fingerprint density at radius 3 is 2.78 bits per heavy atom. The number of nitrogens with zero attached hydrogens (tertiary/aromatic N) is 2. The van der Waals surface area contributed by atoms with E-state index in [2.05, 4.69) is 15.3 Å². The molecule has 3 aromatic rings. The topological polar surface area (TPSA) is 87.3 Å². The molecule has 2 atom stereocenters. The molecule has 32 heavy (non-hydrogen) atoms. The third-order valence-corrected chi connectivity index (χ3v) is 5.50. The summed E-state index contributed by atoms with van der Waals surface area (Å²) in [5, 5.41) is 2.70. The average molecular weight is 440 g/mol. The quantitative estimate of drug-likeness (QED) is 0.597. The number of H-pyrrole nitrogens is 1. The highest BCUT2D eigenvalue weighted by molar-refractivity contribution is 5.84. The first kappa shape index (κ1) is 21.5. The lowest BCUT2D eigenvalue weighted by Crippen LogP contribution is -2.52. The minimum atomic E-state index is -0.950. The van der Waals surface area contributed by atoms with Gasteiger partial charge in [-0.1, -0.05) is 30.3 Å². The molecule has 2 amide bonds. The van der Waals surface area contributed by atoms with E-state index in [9.17, 15) is 18.4 Å². The van der Waals surface area contributed by atoms with E-state index < -0.39 is 35.7 Å². The normalized spacial score (nSPS) is 16.2. The summed E-state index contributed by atoms with van der Waals surface area (Å²) >= 11 is 0. The van der Waals surface area contributed by atoms with Crippen LogP contribution >= 0.6 is 0 Å². The minimum absolute atomic E-state index is 0.00845. The highest BCUT2D eigenvalue weighted by atomic mass is 19.1. The summed E-state index contributed by atoms with van der Waals surface area (Å²) in [5.41, 5.74) is 2.01. The number of ether oxygens (including phenoxy) is 1. The molecule has 4 rings (SSSR count). The Morgan fingerprint density at radius 2 is 2.03 bits per heavy atom. The monoisotopic (exact) mass is 440 g/mol. The van der Waals surface area contributed by atoms with Crippen LogP contribution in [-0.2, 0) is 22.4 Å². The molecule has 0 radical (unpaired) electrons. The van der Waals surface area contributed by atoms with Crippen LogP contribution in [0.1, 0.15) is 28.6 Å². The van der Waals surface area contributed by atoms with E-state index >= 15 is 0 Å². The summed E-state index contributed by atoms with van der Waals surface area (Å²) in [6.45, 7) is 0.223. The van der Waals surface area contributed by atoms with Crippen molar-refractivity contribution in [2.75, 3.05) is 13.7 Å². The van der Waals surface area contributed by atoms with Crippen molar-refractivity contribution in [2.24, 2.45) is 0 Å². The Labute approximate surface area is 183 Å². The summed E-state index contributed by atoms with van der Waals surface area (Å²) in [5.74, 6) is -1.88. The van der Waals surface area contributed by atoms with Crippen molar-refractivity contribution in [3.05, 3.63) is 89.0 Å². The van der Waals surface area contributed by atoms with E-state index in [0.717, 1.165) is 29.5 Å². The fraction of sp³-hybridized carbons (Fsp3) is 0.261. The zero-order valence-corrected chi connectivity index (χ0v) is 17.3. The van der Waals surface area contributed by atoms with Crippen LogP contribution in [0.25, 0.3) is 0 Å². The Kier molecular flexibility index (Phi) is 6.16. The first-order valence-corrected chi connectivity index (χ1v) is 10.1. The van der Waals surface area contributed by atoms with Gasteiger partial charge in [0.25, 0.3) is 0 Å². The number of benzene rings is 2. The molecule has 0 aliphatic carbocycles. The number of fused-ring (bicyclic) bond motifs is 1. The number of aromatic nitrogens is 2. The molecule has 0 fully saturated rings. The lowest BCUT2D eigenvalue weighted by molar-refractivity contribution is -0.142. The molecule has 9 heteroatoms. The molecule has 2 N–H and O–H groups in total. The maximum absolute atomic E-state index is 14.7. The van der Waals surface area contributed by atoms with Crippen LogP contribution in [0, 0.1) is 11.6 Å². The van der Waals surface area contributed by atoms with Gasteiger partial charge in [0, 0.05) is 30.6 Å². The lowest BCUT2D eigenvalue weighted by atomic mass is 9.95. The van der Waals surface area contributed by atoms with Gasteiger partial charge in [0.2, 0.25) is 0 Å². The van der Waals surface area contributed by atoms with Gasteiger partial charge in [-0.15, -0.1) is 0 Å². The highest BCUT2D eigenvalue weighted by Crippen LogP contribution is 2.35. The van der Waals surface area contributed by atoms with Gasteiger partial charge in [-0.3, -0.25) is 0 Å². The number of carbonyl (C=O) groups is 2. The van der Waals surface area contributed by atoms with Crippen LogP contribution in [0.3, 0.4) is 0 Å². The molecule has 0 spiro atoms. The SMILES string of the molecule is COC(=O)[C@H](Cc1ccccc1)NC(=O)N1CCc2[nH]cnc2[C@@H]1c1cc(F)ccc1F. The van der Waals surface area contributed by atoms with E-state index in [1.807, 2.05) is 30.3 Å². The van der Waals surface area contributed by atoms with Gasteiger partial charge in [-0.25, -0.2) is 23.4 Å². The Morgan fingerprint density at radius 1 is 1.25 bits per heavy atom.